The van der Waals surface area contributed by atoms with Crippen molar-refractivity contribution in [2.24, 2.45) is 12.0 Å². The summed E-state index contributed by atoms with van der Waals surface area (Å²) in [5, 5.41) is 9.93. The van der Waals surface area contributed by atoms with Gasteiger partial charge in [0.25, 0.3) is 0 Å². The van der Waals surface area contributed by atoms with Crippen LogP contribution in [0.15, 0.2) is 41.4 Å². The normalized spacial score (nSPS) is 11.3. The Morgan fingerprint density at radius 1 is 1.12 bits per heavy atom. The quantitative estimate of drug-likeness (QED) is 0.531. The van der Waals surface area contributed by atoms with E-state index in [4.69, 9.17) is 23.2 Å². The van der Waals surface area contributed by atoms with Crippen LogP contribution >= 0.6 is 23.2 Å². The molecule has 0 aliphatic carbocycles. The van der Waals surface area contributed by atoms with Gasteiger partial charge in [0.2, 0.25) is 5.91 Å². The SMILES string of the molecule is CN=C(NCC(=O)NCc1ccccc1)NCc1cc(Cl)c(Cl)n1C. The number of rotatable bonds is 6. The topological polar surface area (TPSA) is 70.4 Å². The monoisotopic (exact) mass is 381 g/mol. The molecule has 1 aromatic heterocycles. The third kappa shape index (κ3) is 5.69. The number of amides is 1. The van der Waals surface area contributed by atoms with Crippen molar-refractivity contribution in [3.63, 3.8) is 0 Å². The third-order valence-corrected chi connectivity index (χ3v) is 4.47. The first-order valence-electron chi connectivity index (χ1n) is 7.76. The van der Waals surface area contributed by atoms with Crippen molar-refractivity contribution >= 4 is 35.1 Å². The highest BCUT2D eigenvalue weighted by atomic mass is 35.5. The van der Waals surface area contributed by atoms with Gasteiger partial charge < -0.3 is 20.5 Å². The Morgan fingerprint density at radius 2 is 1.84 bits per heavy atom. The van der Waals surface area contributed by atoms with Gasteiger partial charge in [-0.3, -0.25) is 9.79 Å². The van der Waals surface area contributed by atoms with E-state index in [1.165, 1.54) is 0 Å². The predicted octanol–water partition coefficient (Wildman–Crippen LogP) is 2.31. The Morgan fingerprint density at radius 3 is 2.44 bits per heavy atom. The molecule has 0 aliphatic heterocycles. The van der Waals surface area contributed by atoms with Crippen LogP contribution in [0.2, 0.25) is 10.2 Å². The summed E-state index contributed by atoms with van der Waals surface area (Å²) < 4.78 is 1.79. The molecule has 2 rings (SSSR count). The van der Waals surface area contributed by atoms with E-state index in [9.17, 15) is 4.79 Å². The molecule has 0 saturated heterocycles. The fraction of sp³-hybridized carbons (Fsp3) is 0.294. The fourth-order valence-electron chi connectivity index (χ4n) is 2.18. The molecule has 0 radical (unpaired) electrons. The smallest absolute Gasteiger partial charge is 0.239 e. The highest BCUT2D eigenvalue weighted by Crippen LogP contribution is 2.24. The van der Waals surface area contributed by atoms with Crippen molar-refractivity contribution in [1.29, 1.82) is 0 Å². The van der Waals surface area contributed by atoms with Crippen LogP contribution in [0.1, 0.15) is 11.3 Å². The van der Waals surface area contributed by atoms with Crippen LogP contribution in [0, 0.1) is 0 Å². The van der Waals surface area contributed by atoms with Gasteiger partial charge >= 0.3 is 0 Å². The van der Waals surface area contributed by atoms with Crippen LogP contribution < -0.4 is 16.0 Å². The molecule has 134 valence electrons. The van der Waals surface area contributed by atoms with E-state index in [-0.39, 0.29) is 12.5 Å². The molecule has 0 bridgehead atoms. The van der Waals surface area contributed by atoms with Crippen LogP contribution in [0.3, 0.4) is 0 Å². The number of benzene rings is 1. The minimum Gasteiger partial charge on any atom is -0.351 e. The van der Waals surface area contributed by atoms with Crippen molar-refractivity contribution in [3.8, 4) is 0 Å². The van der Waals surface area contributed by atoms with Crippen molar-refractivity contribution < 1.29 is 4.79 Å². The summed E-state index contributed by atoms with van der Waals surface area (Å²) in [6.45, 7) is 1.10. The van der Waals surface area contributed by atoms with E-state index in [0.29, 0.717) is 29.2 Å². The second-order valence-electron chi connectivity index (χ2n) is 5.38. The number of aromatic nitrogens is 1. The molecular formula is C17H21Cl2N5O. The largest absolute Gasteiger partial charge is 0.351 e. The van der Waals surface area contributed by atoms with E-state index in [0.717, 1.165) is 11.3 Å². The van der Waals surface area contributed by atoms with E-state index in [1.54, 1.807) is 17.7 Å². The highest BCUT2D eigenvalue weighted by Gasteiger charge is 2.09. The van der Waals surface area contributed by atoms with Gasteiger partial charge in [-0.15, -0.1) is 0 Å². The van der Waals surface area contributed by atoms with E-state index < -0.39 is 0 Å². The van der Waals surface area contributed by atoms with Crippen LogP contribution in [-0.2, 0) is 24.9 Å². The second-order valence-corrected chi connectivity index (χ2v) is 6.14. The average molecular weight is 382 g/mol. The minimum absolute atomic E-state index is 0.114. The van der Waals surface area contributed by atoms with Gasteiger partial charge in [-0.05, 0) is 11.6 Å². The first-order valence-corrected chi connectivity index (χ1v) is 8.51. The molecule has 0 aliphatic rings. The van der Waals surface area contributed by atoms with Crippen molar-refractivity contribution in [2.75, 3.05) is 13.6 Å². The molecule has 8 heteroatoms. The second kappa shape index (κ2) is 9.34. The summed E-state index contributed by atoms with van der Waals surface area (Å²) in [5.74, 6) is 0.403. The predicted molar refractivity (Wildman–Crippen MR) is 102 cm³/mol. The molecule has 1 amide bonds. The number of nitrogens with one attached hydrogen (secondary N) is 3. The lowest BCUT2D eigenvalue weighted by Crippen LogP contribution is -2.42. The fourth-order valence-corrected chi connectivity index (χ4v) is 2.59. The Hall–Kier alpha value is -2.18. The molecule has 0 spiro atoms. The lowest BCUT2D eigenvalue weighted by atomic mass is 10.2. The zero-order valence-corrected chi connectivity index (χ0v) is 15.7. The van der Waals surface area contributed by atoms with Crippen molar-refractivity contribution in [2.45, 2.75) is 13.1 Å². The first kappa shape index (κ1) is 19.1. The zero-order chi connectivity index (χ0) is 18.2. The van der Waals surface area contributed by atoms with Gasteiger partial charge in [-0.25, -0.2) is 0 Å². The van der Waals surface area contributed by atoms with Crippen LogP contribution in [0.4, 0.5) is 0 Å². The standard InChI is InChI=1S/C17H21Cl2N5O/c1-20-17(22-10-13-8-14(18)16(19)24(13)2)23-11-15(25)21-9-12-6-4-3-5-7-12/h3-8H,9-11H2,1-2H3,(H,21,25)(H2,20,22,23). The summed E-state index contributed by atoms with van der Waals surface area (Å²) >= 11 is 12.0. The summed E-state index contributed by atoms with van der Waals surface area (Å²) in [6.07, 6.45) is 0. The number of guanidine groups is 1. The lowest BCUT2D eigenvalue weighted by molar-refractivity contribution is -0.120. The molecule has 6 nitrogen and oxygen atoms in total. The Labute approximate surface area is 157 Å². The number of hydrogen-bond acceptors (Lipinski definition) is 2. The molecule has 0 saturated carbocycles. The molecule has 25 heavy (non-hydrogen) atoms. The molecule has 0 unspecified atom stereocenters. The van der Waals surface area contributed by atoms with Crippen LogP contribution in [0.25, 0.3) is 0 Å². The van der Waals surface area contributed by atoms with Crippen LogP contribution in [0.5, 0.6) is 0 Å². The molecule has 0 atom stereocenters. The summed E-state index contributed by atoms with van der Waals surface area (Å²) in [6, 6.07) is 11.5. The van der Waals surface area contributed by atoms with Crippen LogP contribution in [-0.4, -0.2) is 30.0 Å². The van der Waals surface area contributed by atoms with Gasteiger partial charge in [-0.2, -0.15) is 0 Å². The number of carbonyl (C=O) groups excluding carboxylic acids is 1. The van der Waals surface area contributed by atoms with Gasteiger partial charge in [0.05, 0.1) is 18.1 Å². The van der Waals surface area contributed by atoms with E-state index in [2.05, 4.69) is 20.9 Å². The Kier molecular flexibility index (Phi) is 7.16. The number of aliphatic imine (C=N–C) groups is 1. The molecule has 1 heterocycles. The maximum Gasteiger partial charge on any atom is 0.239 e. The van der Waals surface area contributed by atoms with Gasteiger partial charge in [0.1, 0.15) is 5.15 Å². The van der Waals surface area contributed by atoms with Gasteiger partial charge in [-0.1, -0.05) is 53.5 Å². The summed E-state index contributed by atoms with van der Waals surface area (Å²) in [4.78, 5) is 16.0. The van der Waals surface area contributed by atoms with Gasteiger partial charge in [0, 0.05) is 26.3 Å². The third-order valence-electron chi connectivity index (χ3n) is 3.63. The molecule has 0 fully saturated rings. The lowest BCUT2D eigenvalue weighted by Gasteiger charge is -2.12. The highest BCUT2D eigenvalue weighted by molar-refractivity contribution is 6.41. The molecule has 3 N–H and O–H groups in total. The van der Waals surface area contributed by atoms with Crippen molar-refractivity contribution in [3.05, 3.63) is 57.8 Å². The maximum absolute atomic E-state index is 11.9. The first-order chi connectivity index (χ1) is 12.0. The zero-order valence-electron chi connectivity index (χ0n) is 14.1. The van der Waals surface area contributed by atoms with Crippen molar-refractivity contribution in [1.82, 2.24) is 20.5 Å². The Balaban J connectivity index is 1.76. The maximum atomic E-state index is 11.9. The summed E-state index contributed by atoms with van der Waals surface area (Å²) in [5.41, 5.74) is 1.96. The number of hydrogen-bond donors (Lipinski definition) is 3. The van der Waals surface area contributed by atoms with Gasteiger partial charge in [0.15, 0.2) is 5.96 Å². The summed E-state index contributed by atoms with van der Waals surface area (Å²) in [7, 11) is 3.47. The molecule has 1 aromatic carbocycles. The average Bonchev–Trinajstić information content (AvgIpc) is 2.88. The Bertz CT molecular complexity index is 743. The minimum atomic E-state index is -0.114. The number of halogens is 2. The van der Waals surface area contributed by atoms with E-state index in [1.807, 2.05) is 37.4 Å². The molecular weight excluding hydrogens is 361 g/mol. The molecule has 2 aromatic rings. The number of carbonyl (C=O) groups is 1. The number of nitrogens with zero attached hydrogens (tertiary/aromatic N) is 2. The van der Waals surface area contributed by atoms with E-state index >= 15 is 0 Å².